The van der Waals surface area contributed by atoms with Gasteiger partial charge in [-0.3, -0.25) is 9.58 Å². The largest absolute Gasteiger partial charge is 0.448 e. The van der Waals surface area contributed by atoms with Gasteiger partial charge in [0.25, 0.3) is 0 Å². The predicted molar refractivity (Wildman–Crippen MR) is 109 cm³/mol. The molecule has 6 nitrogen and oxygen atoms in total. The Bertz CT molecular complexity index is 817. The summed E-state index contributed by atoms with van der Waals surface area (Å²) < 4.78 is 7.51. The second kappa shape index (κ2) is 7.95. The molecule has 2 aromatic rings. The van der Waals surface area contributed by atoms with Crippen molar-refractivity contribution in [3.63, 3.8) is 0 Å². The van der Waals surface area contributed by atoms with E-state index in [1.807, 2.05) is 19.9 Å². The van der Waals surface area contributed by atoms with Gasteiger partial charge < -0.3 is 10.1 Å². The fraction of sp³-hybridized carbons (Fsp3) is 0.545. The van der Waals surface area contributed by atoms with E-state index in [0.29, 0.717) is 24.5 Å². The quantitative estimate of drug-likeness (QED) is 0.861. The molecule has 150 valence electrons. The Balaban J connectivity index is 1.42. The molecular weight excluding hydrogens is 352 g/mol. The molecule has 1 amide bonds. The van der Waals surface area contributed by atoms with Crippen molar-refractivity contribution in [3.8, 4) is 11.3 Å². The van der Waals surface area contributed by atoms with Gasteiger partial charge in [0.05, 0.1) is 5.69 Å². The lowest BCUT2D eigenvalue weighted by Crippen LogP contribution is -2.54. The summed E-state index contributed by atoms with van der Waals surface area (Å²) >= 11 is 0. The van der Waals surface area contributed by atoms with Crippen LogP contribution in [0.1, 0.15) is 38.3 Å². The summed E-state index contributed by atoms with van der Waals surface area (Å²) in [5, 5.41) is 7.56. The zero-order valence-electron chi connectivity index (χ0n) is 17.0. The number of alkyl carbamates (subject to hydrolysis) is 1. The number of nitrogens with zero attached hydrogens (tertiary/aromatic N) is 3. The van der Waals surface area contributed by atoms with E-state index in [0.717, 1.165) is 30.8 Å². The second-order valence-corrected chi connectivity index (χ2v) is 8.38. The van der Waals surface area contributed by atoms with Crippen LogP contribution in [0.3, 0.4) is 0 Å². The van der Waals surface area contributed by atoms with Gasteiger partial charge in [0.1, 0.15) is 6.61 Å². The Morgan fingerprint density at radius 2 is 2.11 bits per heavy atom. The molecule has 0 aliphatic carbocycles. The predicted octanol–water partition coefficient (Wildman–Crippen LogP) is 3.40. The van der Waals surface area contributed by atoms with Gasteiger partial charge in [0, 0.05) is 42.9 Å². The van der Waals surface area contributed by atoms with Crippen molar-refractivity contribution < 1.29 is 9.53 Å². The van der Waals surface area contributed by atoms with Crippen LogP contribution in [0.4, 0.5) is 4.79 Å². The molecule has 6 heteroatoms. The van der Waals surface area contributed by atoms with Crippen molar-refractivity contribution >= 4 is 6.09 Å². The summed E-state index contributed by atoms with van der Waals surface area (Å²) in [6.45, 7) is 6.45. The van der Waals surface area contributed by atoms with Crippen LogP contribution in [-0.4, -0.2) is 52.6 Å². The molecule has 0 saturated carbocycles. The smallest absolute Gasteiger partial charge is 0.407 e. The molecule has 28 heavy (non-hydrogen) atoms. The number of benzene rings is 1. The van der Waals surface area contributed by atoms with Crippen LogP contribution in [0.15, 0.2) is 36.4 Å². The zero-order valence-corrected chi connectivity index (χ0v) is 17.0. The standard InChI is InChI=1S/C22H30N4O2/c1-15(2)23-22(27)28-14-18-11-17-9-10-26(18)13-19(17)21-12-20(24-25(21)3)16-7-5-4-6-8-16/h4-8,12,15,17-19H,9-11,13-14H2,1-3H3,(H,23,27)/t17-,18-,19+/m1/s1. The Morgan fingerprint density at radius 1 is 1.32 bits per heavy atom. The number of carbonyl (C=O) groups excluding carboxylic acids is 1. The SMILES string of the molecule is CC(C)NC(=O)OC[C@H]1C[C@H]2CCN1C[C@@H]2c1cc(-c2ccccc2)nn1C. The van der Waals surface area contributed by atoms with Crippen LogP contribution in [0.5, 0.6) is 0 Å². The summed E-state index contributed by atoms with van der Waals surface area (Å²) in [7, 11) is 2.05. The highest BCUT2D eigenvalue weighted by atomic mass is 16.5. The van der Waals surface area contributed by atoms with Crippen molar-refractivity contribution in [2.24, 2.45) is 13.0 Å². The van der Waals surface area contributed by atoms with E-state index in [1.165, 1.54) is 12.1 Å². The first kappa shape index (κ1) is 19.0. The minimum Gasteiger partial charge on any atom is -0.448 e. The van der Waals surface area contributed by atoms with Gasteiger partial charge in [0.15, 0.2) is 0 Å². The lowest BCUT2D eigenvalue weighted by atomic mass is 9.74. The van der Waals surface area contributed by atoms with Crippen molar-refractivity contribution in [1.82, 2.24) is 20.0 Å². The molecule has 4 atom stereocenters. The summed E-state index contributed by atoms with van der Waals surface area (Å²) in [4.78, 5) is 14.3. The molecule has 4 heterocycles. The van der Waals surface area contributed by atoms with E-state index in [2.05, 4.69) is 52.3 Å². The molecule has 0 spiro atoms. The number of aryl methyl sites for hydroxylation is 1. The number of amides is 1. The van der Waals surface area contributed by atoms with Crippen LogP contribution in [0.25, 0.3) is 11.3 Å². The fourth-order valence-electron chi connectivity index (χ4n) is 4.67. The Hall–Kier alpha value is -2.34. The second-order valence-electron chi connectivity index (χ2n) is 8.38. The summed E-state index contributed by atoms with van der Waals surface area (Å²) in [6, 6.07) is 13.0. The highest BCUT2D eigenvalue weighted by molar-refractivity contribution is 5.67. The average molecular weight is 383 g/mol. The highest BCUT2D eigenvalue weighted by Gasteiger charge is 2.42. The van der Waals surface area contributed by atoms with E-state index in [4.69, 9.17) is 9.84 Å². The Labute approximate surface area is 166 Å². The summed E-state index contributed by atoms with van der Waals surface area (Å²) in [6.07, 6.45) is 1.96. The van der Waals surface area contributed by atoms with Crippen molar-refractivity contribution in [2.75, 3.05) is 19.7 Å². The van der Waals surface area contributed by atoms with Gasteiger partial charge in [-0.25, -0.2) is 4.79 Å². The molecule has 5 rings (SSSR count). The van der Waals surface area contributed by atoms with E-state index in [1.54, 1.807) is 0 Å². The third kappa shape index (κ3) is 3.92. The number of aromatic nitrogens is 2. The molecule has 1 aromatic heterocycles. The number of hydrogen-bond donors (Lipinski definition) is 1. The number of ether oxygens (including phenoxy) is 1. The van der Waals surface area contributed by atoms with Crippen molar-refractivity contribution in [3.05, 3.63) is 42.1 Å². The van der Waals surface area contributed by atoms with E-state index in [-0.39, 0.29) is 12.1 Å². The van der Waals surface area contributed by atoms with Crippen LogP contribution < -0.4 is 5.32 Å². The lowest BCUT2D eigenvalue weighted by Gasteiger charge is -2.49. The molecule has 2 bridgehead atoms. The minimum absolute atomic E-state index is 0.101. The third-order valence-electron chi connectivity index (χ3n) is 6.06. The van der Waals surface area contributed by atoms with Gasteiger partial charge in [0.2, 0.25) is 0 Å². The van der Waals surface area contributed by atoms with E-state index < -0.39 is 0 Å². The first-order chi connectivity index (χ1) is 13.5. The monoisotopic (exact) mass is 382 g/mol. The average Bonchev–Trinajstić information content (AvgIpc) is 3.08. The van der Waals surface area contributed by atoms with Crippen molar-refractivity contribution in [2.45, 2.75) is 44.7 Å². The van der Waals surface area contributed by atoms with Crippen molar-refractivity contribution in [1.29, 1.82) is 0 Å². The Kier molecular flexibility index (Phi) is 5.40. The molecule has 1 unspecified atom stereocenters. The molecule has 3 aliphatic heterocycles. The molecule has 1 aromatic carbocycles. The summed E-state index contributed by atoms with van der Waals surface area (Å²) in [5.74, 6) is 1.11. The van der Waals surface area contributed by atoms with Gasteiger partial charge in [-0.1, -0.05) is 30.3 Å². The molecule has 3 aliphatic rings. The van der Waals surface area contributed by atoms with E-state index >= 15 is 0 Å². The van der Waals surface area contributed by atoms with Gasteiger partial charge >= 0.3 is 6.09 Å². The first-order valence-electron chi connectivity index (χ1n) is 10.3. The molecule has 1 N–H and O–H groups in total. The fourth-order valence-corrected chi connectivity index (χ4v) is 4.67. The number of hydrogen-bond acceptors (Lipinski definition) is 4. The first-order valence-corrected chi connectivity index (χ1v) is 10.3. The zero-order chi connectivity index (χ0) is 19.7. The van der Waals surface area contributed by atoms with Gasteiger partial charge in [-0.05, 0) is 45.2 Å². The number of nitrogens with one attached hydrogen (secondary N) is 1. The minimum atomic E-state index is -0.312. The van der Waals surface area contributed by atoms with Crippen LogP contribution >= 0.6 is 0 Å². The van der Waals surface area contributed by atoms with Gasteiger partial charge in [-0.15, -0.1) is 0 Å². The topological polar surface area (TPSA) is 59.4 Å². The summed E-state index contributed by atoms with van der Waals surface area (Å²) in [5.41, 5.74) is 3.51. The van der Waals surface area contributed by atoms with Crippen LogP contribution in [0, 0.1) is 5.92 Å². The molecule has 3 saturated heterocycles. The third-order valence-corrected chi connectivity index (χ3v) is 6.06. The number of rotatable bonds is 5. The van der Waals surface area contributed by atoms with E-state index in [9.17, 15) is 4.79 Å². The normalized spacial score (nSPS) is 26.4. The molecule has 3 fully saturated rings. The number of piperidine rings is 3. The number of fused-ring (bicyclic) bond motifs is 3. The van der Waals surface area contributed by atoms with Gasteiger partial charge in [-0.2, -0.15) is 5.10 Å². The molecular formula is C22H30N4O2. The Morgan fingerprint density at radius 3 is 2.79 bits per heavy atom. The highest BCUT2D eigenvalue weighted by Crippen LogP contribution is 2.42. The maximum Gasteiger partial charge on any atom is 0.407 e. The van der Waals surface area contributed by atoms with Crippen LogP contribution in [-0.2, 0) is 11.8 Å². The maximum atomic E-state index is 11.8. The molecule has 0 radical (unpaired) electrons. The van der Waals surface area contributed by atoms with Crippen LogP contribution in [0.2, 0.25) is 0 Å². The maximum absolute atomic E-state index is 11.8. The number of carbonyl (C=O) groups is 1. The lowest BCUT2D eigenvalue weighted by molar-refractivity contribution is -0.00441.